The van der Waals surface area contributed by atoms with Gasteiger partial charge in [-0.15, -0.1) is 23.2 Å². The maximum absolute atomic E-state index is 12.6. The summed E-state index contributed by atoms with van der Waals surface area (Å²) in [6.07, 6.45) is 0. The molecule has 0 bridgehead atoms. The molecule has 0 aromatic heterocycles. The lowest BCUT2D eigenvalue weighted by atomic mass is 10.0. The van der Waals surface area contributed by atoms with Crippen molar-refractivity contribution in [3.05, 3.63) is 47.5 Å². The zero-order chi connectivity index (χ0) is 21.0. The van der Waals surface area contributed by atoms with Crippen molar-refractivity contribution in [2.24, 2.45) is 0 Å². The fourth-order valence-electron chi connectivity index (χ4n) is 2.07. The lowest BCUT2D eigenvalue weighted by Crippen LogP contribution is -2.17. The Kier molecular flexibility index (Phi) is 6.88. The van der Waals surface area contributed by atoms with Crippen molar-refractivity contribution in [3.8, 4) is 23.0 Å². The number of alkyl halides is 2. The van der Waals surface area contributed by atoms with Crippen LogP contribution in [0, 0.1) is 0 Å². The van der Waals surface area contributed by atoms with Gasteiger partial charge in [-0.25, -0.2) is 0 Å². The molecule has 0 spiro atoms. The molecule has 0 amide bonds. The number of ether oxygens (including phenoxy) is 2. The zero-order valence-corrected chi connectivity index (χ0v) is 16.3. The van der Waals surface area contributed by atoms with Crippen molar-refractivity contribution >= 4 is 40.9 Å². The third-order valence-corrected chi connectivity index (χ3v) is 3.87. The molecule has 0 saturated heterocycles. The number of halogens is 2. The highest BCUT2D eigenvalue weighted by atomic mass is 35.5. The molecule has 0 fully saturated rings. The van der Waals surface area contributed by atoms with Crippen LogP contribution in [0.2, 0.25) is 0 Å². The second-order valence-electron chi connectivity index (χ2n) is 5.76. The van der Waals surface area contributed by atoms with Gasteiger partial charge >= 0.3 is 11.9 Å². The summed E-state index contributed by atoms with van der Waals surface area (Å²) in [6.45, 7) is 2.86. The summed E-state index contributed by atoms with van der Waals surface area (Å²) >= 11 is 11.2. The number of rotatable bonds is 6. The van der Waals surface area contributed by atoms with Gasteiger partial charge in [0.2, 0.25) is 0 Å². The largest absolute Gasteiger partial charge is 0.507 e. The molecular weight excluding hydrogens is 411 g/mol. The lowest BCUT2D eigenvalue weighted by Gasteiger charge is -2.10. The molecule has 148 valence electrons. The van der Waals surface area contributed by atoms with Gasteiger partial charge in [0.25, 0.3) is 0 Å². The van der Waals surface area contributed by atoms with E-state index in [0.29, 0.717) is 0 Å². The van der Waals surface area contributed by atoms with Crippen LogP contribution in [0.1, 0.15) is 29.8 Å². The van der Waals surface area contributed by atoms with E-state index in [2.05, 4.69) is 0 Å². The summed E-state index contributed by atoms with van der Waals surface area (Å²) in [4.78, 5) is 35.6. The van der Waals surface area contributed by atoms with Gasteiger partial charge in [0.05, 0.1) is 11.1 Å². The van der Waals surface area contributed by atoms with E-state index in [1.165, 1.54) is 38.1 Å². The monoisotopic (exact) mass is 426 g/mol. The van der Waals surface area contributed by atoms with Crippen LogP contribution in [0.15, 0.2) is 36.4 Å². The standard InChI is InChI=1S/C19H16Cl2O7/c1-9(20)18(25)27-11-3-5-13(15(22)7-11)17(24)14-6-4-12(8-16(14)23)28-19(26)10(2)21/h3-10,22-23H,1-2H3. The average Bonchev–Trinajstić information content (AvgIpc) is 2.61. The Hall–Kier alpha value is -2.77. The summed E-state index contributed by atoms with van der Waals surface area (Å²) < 4.78 is 9.88. The molecule has 0 radical (unpaired) electrons. The van der Waals surface area contributed by atoms with Crippen LogP contribution in [-0.4, -0.2) is 38.7 Å². The number of hydrogen-bond donors (Lipinski definition) is 2. The molecule has 2 N–H and O–H groups in total. The Bertz CT molecular complexity index is 849. The molecule has 2 rings (SSSR count). The van der Waals surface area contributed by atoms with E-state index in [-0.39, 0.29) is 22.6 Å². The highest BCUT2D eigenvalue weighted by Gasteiger charge is 2.20. The molecular formula is C19H16Cl2O7. The van der Waals surface area contributed by atoms with Crippen molar-refractivity contribution in [2.45, 2.75) is 24.6 Å². The first kappa shape index (κ1) is 21.5. The molecule has 0 aliphatic heterocycles. The molecule has 7 nitrogen and oxygen atoms in total. The van der Waals surface area contributed by atoms with Crippen LogP contribution in [0.3, 0.4) is 0 Å². The highest BCUT2D eigenvalue weighted by Crippen LogP contribution is 2.31. The summed E-state index contributed by atoms with van der Waals surface area (Å²) in [5, 5.41) is 18.4. The van der Waals surface area contributed by atoms with Crippen molar-refractivity contribution in [1.29, 1.82) is 0 Å². The minimum atomic E-state index is -0.880. The van der Waals surface area contributed by atoms with Gasteiger partial charge in [0.15, 0.2) is 5.78 Å². The minimum absolute atomic E-state index is 0.00762. The zero-order valence-electron chi connectivity index (χ0n) is 14.8. The molecule has 2 aromatic rings. The van der Waals surface area contributed by atoms with Crippen LogP contribution in [-0.2, 0) is 9.59 Å². The van der Waals surface area contributed by atoms with E-state index in [4.69, 9.17) is 32.7 Å². The van der Waals surface area contributed by atoms with Gasteiger partial charge in [0.1, 0.15) is 33.8 Å². The number of hydrogen-bond acceptors (Lipinski definition) is 7. The normalized spacial score (nSPS) is 12.7. The Labute approximate surface area is 170 Å². The molecule has 0 aliphatic rings. The predicted molar refractivity (Wildman–Crippen MR) is 102 cm³/mol. The first-order valence-corrected chi connectivity index (χ1v) is 8.89. The topological polar surface area (TPSA) is 110 Å². The number of aromatic hydroxyl groups is 2. The maximum Gasteiger partial charge on any atom is 0.329 e. The van der Waals surface area contributed by atoms with Crippen molar-refractivity contribution in [2.75, 3.05) is 0 Å². The predicted octanol–water partition coefficient (Wildman–Crippen LogP) is 3.39. The minimum Gasteiger partial charge on any atom is -0.507 e. The summed E-state index contributed by atoms with van der Waals surface area (Å²) in [5.74, 6) is -3.02. The Balaban J connectivity index is 2.23. The molecule has 0 saturated carbocycles. The van der Waals surface area contributed by atoms with Crippen molar-refractivity contribution in [1.82, 2.24) is 0 Å². The summed E-state index contributed by atoms with van der Waals surface area (Å²) in [6, 6.07) is 7.25. The molecule has 2 unspecified atom stereocenters. The molecule has 2 atom stereocenters. The number of benzene rings is 2. The number of ketones is 1. The maximum atomic E-state index is 12.6. The first-order valence-electron chi connectivity index (χ1n) is 8.02. The van der Waals surface area contributed by atoms with Gasteiger partial charge in [-0.2, -0.15) is 0 Å². The number of phenols is 2. The van der Waals surface area contributed by atoms with E-state index in [1.807, 2.05) is 0 Å². The lowest BCUT2D eigenvalue weighted by molar-refractivity contribution is -0.134. The van der Waals surface area contributed by atoms with Gasteiger partial charge in [0, 0.05) is 12.1 Å². The second kappa shape index (κ2) is 8.95. The van der Waals surface area contributed by atoms with Crippen LogP contribution < -0.4 is 9.47 Å². The van der Waals surface area contributed by atoms with Crippen molar-refractivity contribution < 1.29 is 34.1 Å². The van der Waals surface area contributed by atoms with Crippen LogP contribution in [0.4, 0.5) is 0 Å². The fourth-order valence-corrected chi connectivity index (χ4v) is 2.16. The smallest absolute Gasteiger partial charge is 0.329 e. The van der Waals surface area contributed by atoms with Gasteiger partial charge < -0.3 is 19.7 Å². The molecule has 28 heavy (non-hydrogen) atoms. The van der Waals surface area contributed by atoms with Gasteiger partial charge in [-0.3, -0.25) is 14.4 Å². The van der Waals surface area contributed by atoms with E-state index in [0.717, 1.165) is 12.1 Å². The SMILES string of the molecule is CC(Cl)C(=O)Oc1ccc(C(=O)c2ccc(OC(=O)C(C)Cl)cc2O)c(O)c1. The van der Waals surface area contributed by atoms with E-state index < -0.39 is 40.0 Å². The number of carbonyl (C=O) groups is 3. The highest BCUT2D eigenvalue weighted by molar-refractivity contribution is 6.30. The quantitative estimate of drug-likeness (QED) is 0.315. The third-order valence-electron chi connectivity index (χ3n) is 3.51. The summed E-state index contributed by atoms with van der Waals surface area (Å²) in [5.41, 5.74) is -0.263. The van der Waals surface area contributed by atoms with E-state index >= 15 is 0 Å². The van der Waals surface area contributed by atoms with E-state index in [1.54, 1.807) is 0 Å². The number of phenolic OH excluding ortho intramolecular Hbond substituents is 2. The number of esters is 2. The van der Waals surface area contributed by atoms with Crippen LogP contribution >= 0.6 is 23.2 Å². The van der Waals surface area contributed by atoms with Gasteiger partial charge in [-0.05, 0) is 38.1 Å². The van der Waals surface area contributed by atoms with Crippen LogP contribution in [0.25, 0.3) is 0 Å². The average molecular weight is 427 g/mol. The fraction of sp³-hybridized carbons (Fsp3) is 0.211. The van der Waals surface area contributed by atoms with E-state index in [9.17, 15) is 24.6 Å². The molecule has 0 aliphatic carbocycles. The van der Waals surface area contributed by atoms with Gasteiger partial charge in [-0.1, -0.05) is 0 Å². The van der Waals surface area contributed by atoms with Crippen molar-refractivity contribution in [3.63, 3.8) is 0 Å². The summed E-state index contributed by atoms with van der Waals surface area (Å²) in [7, 11) is 0. The molecule has 2 aromatic carbocycles. The molecule has 0 heterocycles. The number of carbonyl (C=O) groups excluding carboxylic acids is 3. The first-order chi connectivity index (χ1) is 13.1. The Morgan fingerprint density at radius 1 is 0.786 bits per heavy atom. The Morgan fingerprint density at radius 2 is 1.14 bits per heavy atom. The van der Waals surface area contributed by atoms with Crippen LogP contribution in [0.5, 0.6) is 23.0 Å². The molecule has 9 heteroatoms. The second-order valence-corrected chi connectivity index (χ2v) is 7.07. The Morgan fingerprint density at radius 3 is 1.43 bits per heavy atom. The third kappa shape index (κ3) is 5.15.